The van der Waals surface area contributed by atoms with Crippen molar-refractivity contribution in [2.24, 2.45) is 5.41 Å². The van der Waals surface area contributed by atoms with E-state index in [-0.39, 0.29) is 17.4 Å². The first-order chi connectivity index (χ1) is 9.87. The molecule has 1 unspecified atom stereocenters. The predicted molar refractivity (Wildman–Crippen MR) is 92.7 cm³/mol. The fraction of sp³-hybridized carbons (Fsp3) is 0.353. The topological polar surface area (TPSA) is 29.1 Å². The number of carbonyl (C=O) groups is 1. The van der Waals surface area contributed by atoms with Crippen LogP contribution in [-0.4, -0.2) is 5.91 Å². The number of halogens is 1. The molecule has 1 atom stereocenters. The van der Waals surface area contributed by atoms with E-state index >= 15 is 0 Å². The van der Waals surface area contributed by atoms with Crippen molar-refractivity contribution in [1.82, 2.24) is 5.32 Å². The zero-order chi connectivity index (χ0) is 15.5. The van der Waals surface area contributed by atoms with Gasteiger partial charge in [-0.25, -0.2) is 0 Å². The third-order valence-electron chi connectivity index (χ3n) is 3.15. The third-order valence-corrected chi connectivity index (χ3v) is 4.98. The van der Waals surface area contributed by atoms with Crippen LogP contribution < -0.4 is 5.32 Å². The molecule has 1 aromatic carbocycles. The summed E-state index contributed by atoms with van der Waals surface area (Å²) in [5, 5.41) is 5.09. The summed E-state index contributed by atoms with van der Waals surface area (Å²) in [6, 6.07) is 12.1. The normalized spacial score (nSPS) is 13.0. The minimum Gasteiger partial charge on any atom is -0.344 e. The Morgan fingerprint density at radius 1 is 1.24 bits per heavy atom. The Labute approximate surface area is 138 Å². The molecule has 0 bridgehead atoms. The Hall–Kier alpha value is -1.13. The van der Waals surface area contributed by atoms with E-state index in [9.17, 15) is 4.79 Å². The van der Waals surface area contributed by atoms with Gasteiger partial charge in [0.05, 0.1) is 6.04 Å². The van der Waals surface area contributed by atoms with Crippen molar-refractivity contribution in [3.63, 3.8) is 0 Å². The highest BCUT2D eigenvalue weighted by atomic mass is 79.9. The Morgan fingerprint density at radius 2 is 1.90 bits per heavy atom. The van der Waals surface area contributed by atoms with E-state index in [0.29, 0.717) is 0 Å². The summed E-state index contributed by atoms with van der Waals surface area (Å²) >= 11 is 4.88. The van der Waals surface area contributed by atoms with Gasteiger partial charge in [-0.2, -0.15) is 0 Å². The van der Waals surface area contributed by atoms with Gasteiger partial charge in [0, 0.05) is 4.47 Å². The Balaban J connectivity index is 2.21. The molecular formula is C17H20BrNOS. The number of carbonyl (C=O) groups excluding carboxylic acids is 1. The second kappa shape index (κ2) is 6.75. The average Bonchev–Trinajstić information content (AvgIpc) is 2.84. The van der Waals surface area contributed by atoms with Gasteiger partial charge in [0.2, 0.25) is 0 Å². The van der Waals surface area contributed by atoms with Crippen LogP contribution in [0.4, 0.5) is 0 Å². The smallest absolute Gasteiger partial charge is 0.262 e. The van der Waals surface area contributed by atoms with Crippen molar-refractivity contribution >= 4 is 33.2 Å². The summed E-state index contributed by atoms with van der Waals surface area (Å²) < 4.78 is 0.854. The standard InChI is InChI=1S/C17H20BrNOS/c1-17(2,3)11-14(12-7-5-4-6-8-12)19-16(20)15-13(18)9-10-21-15/h4-10,14H,11H2,1-3H3,(H,19,20). The highest BCUT2D eigenvalue weighted by molar-refractivity contribution is 9.10. The highest BCUT2D eigenvalue weighted by Crippen LogP contribution is 2.30. The van der Waals surface area contributed by atoms with E-state index in [1.165, 1.54) is 11.3 Å². The van der Waals surface area contributed by atoms with Crippen LogP contribution in [0.3, 0.4) is 0 Å². The van der Waals surface area contributed by atoms with E-state index in [1.807, 2.05) is 29.6 Å². The summed E-state index contributed by atoms with van der Waals surface area (Å²) in [5.74, 6) is -0.0185. The number of amides is 1. The van der Waals surface area contributed by atoms with E-state index in [4.69, 9.17) is 0 Å². The molecule has 0 spiro atoms. The largest absolute Gasteiger partial charge is 0.344 e. The molecule has 1 N–H and O–H groups in total. The molecule has 0 saturated carbocycles. The van der Waals surface area contributed by atoms with E-state index in [0.717, 1.165) is 21.3 Å². The first kappa shape index (κ1) is 16.2. The summed E-state index contributed by atoms with van der Waals surface area (Å²) in [6.07, 6.45) is 0.895. The molecule has 112 valence electrons. The Kier molecular flexibility index (Phi) is 5.22. The number of hydrogen-bond donors (Lipinski definition) is 1. The second-order valence-electron chi connectivity index (χ2n) is 6.30. The van der Waals surface area contributed by atoms with Crippen LogP contribution in [-0.2, 0) is 0 Å². The van der Waals surface area contributed by atoms with Crippen LogP contribution in [0.5, 0.6) is 0 Å². The van der Waals surface area contributed by atoms with Crippen LogP contribution in [0.15, 0.2) is 46.3 Å². The van der Waals surface area contributed by atoms with Crippen molar-refractivity contribution in [3.05, 3.63) is 56.7 Å². The molecule has 0 aliphatic carbocycles. The van der Waals surface area contributed by atoms with Gasteiger partial charge in [0.15, 0.2) is 0 Å². The zero-order valence-electron chi connectivity index (χ0n) is 12.5. The fourth-order valence-corrected chi connectivity index (χ4v) is 3.68. The van der Waals surface area contributed by atoms with Crippen LogP contribution in [0.25, 0.3) is 0 Å². The predicted octanol–water partition coefficient (Wildman–Crippen LogP) is 5.42. The van der Waals surface area contributed by atoms with Crippen molar-refractivity contribution in [3.8, 4) is 0 Å². The third kappa shape index (κ3) is 4.68. The molecule has 1 amide bonds. The van der Waals surface area contributed by atoms with Crippen molar-refractivity contribution < 1.29 is 4.79 Å². The zero-order valence-corrected chi connectivity index (χ0v) is 14.9. The summed E-state index contributed by atoms with van der Waals surface area (Å²) in [7, 11) is 0. The van der Waals surface area contributed by atoms with Crippen LogP contribution >= 0.6 is 27.3 Å². The molecule has 4 heteroatoms. The molecule has 0 saturated heterocycles. The number of hydrogen-bond acceptors (Lipinski definition) is 2. The maximum absolute atomic E-state index is 12.5. The van der Waals surface area contributed by atoms with E-state index < -0.39 is 0 Å². The lowest BCUT2D eigenvalue weighted by Gasteiger charge is -2.27. The minimum atomic E-state index is -0.0185. The van der Waals surface area contributed by atoms with E-state index in [1.54, 1.807) is 0 Å². The van der Waals surface area contributed by atoms with Crippen LogP contribution in [0.2, 0.25) is 0 Å². The molecule has 21 heavy (non-hydrogen) atoms. The molecule has 0 aliphatic rings. The molecule has 1 aromatic heterocycles. The molecule has 2 aromatic rings. The average molecular weight is 366 g/mol. The number of rotatable bonds is 4. The van der Waals surface area contributed by atoms with Gasteiger partial charge >= 0.3 is 0 Å². The molecule has 2 nitrogen and oxygen atoms in total. The maximum atomic E-state index is 12.5. The monoisotopic (exact) mass is 365 g/mol. The van der Waals surface area contributed by atoms with Crippen molar-refractivity contribution in [2.45, 2.75) is 33.2 Å². The van der Waals surface area contributed by atoms with E-state index in [2.05, 4.69) is 54.2 Å². The van der Waals surface area contributed by atoms with Gasteiger partial charge < -0.3 is 5.32 Å². The van der Waals surface area contributed by atoms with Gasteiger partial charge in [-0.05, 0) is 44.8 Å². The van der Waals surface area contributed by atoms with Crippen molar-refractivity contribution in [1.29, 1.82) is 0 Å². The molecular weight excluding hydrogens is 346 g/mol. The molecule has 1 heterocycles. The highest BCUT2D eigenvalue weighted by Gasteiger charge is 2.23. The number of thiophene rings is 1. The minimum absolute atomic E-state index is 0.0185. The lowest BCUT2D eigenvalue weighted by molar-refractivity contribution is 0.0930. The van der Waals surface area contributed by atoms with Gasteiger partial charge in [0.25, 0.3) is 5.91 Å². The van der Waals surface area contributed by atoms with Crippen molar-refractivity contribution in [2.75, 3.05) is 0 Å². The molecule has 2 rings (SSSR count). The lowest BCUT2D eigenvalue weighted by Crippen LogP contribution is -2.31. The van der Waals surface area contributed by atoms with Gasteiger partial charge in [-0.1, -0.05) is 51.1 Å². The number of benzene rings is 1. The maximum Gasteiger partial charge on any atom is 0.262 e. The van der Waals surface area contributed by atoms with Crippen LogP contribution in [0, 0.1) is 5.41 Å². The summed E-state index contributed by atoms with van der Waals surface area (Å²) in [6.45, 7) is 6.57. The van der Waals surface area contributed by atoms with Gasteiger partial charge in [-0.15, -0.1) is 11.3 Å². The summed E-state index contributed by atoms with van der Waals surface area (Å²) in [4.78, 5) is 13.2. The first-order valence-electron chi connectivity index (χ1n) is 6.95. The second-order valence-corrected chi connectivity index (χ2v) is 8.07. The van der Waals surface area contributed by atoms with Gasteiger partial charge in [-0.3, -0.25) is 4.79 Å². The SMILES string of the molecule is CC(C)(C)CC(NC(=O)c1sccc1Br)c1ccccc1. The Bertz CT molecular complexity index is 601. The number of nitrogens with one attached hydrogen (secondary N) is 1. The molecule has 0 radical (unpaired) electrons. The first-order valence-corrected chi connectivity index (χ1v) is 8.63. The summed E-state index contributed by atoms with van der Waals surface area (Å²) in [5.41, 5.74) is 1.29. The quantitative estimate of drug-likeness (QED) is 0.769. The lowest BCUT2D eigenvalue weighted by atomic mass is 9.85. The van der Waals surface area contributed by atoms with Crippen LogP contribution in [0.1, 0.15) is 48.5 Å². The Morgan fingerprint density at radius 3 is 2.43 bits per heavy atom. The van der Waals surface area contributed by atoms with Gasteiger partial charge in [0.1, 0.15) is 4.88 Å². The molecule has 0 aliphatic heterocycles. The molecule has 0 fully saturated rings. The fourth-order valence-electron chi connectivity index (χ4n) is 2.23.